The quantitative estimate of drug-likeness (QED) is 0.829. The van der Waals surface area contributed by atoms with E-state index < -0.39 is 23.2 Å². The first-order valence-corrected chi connectivity index (χ1v) is 7.96. The van der Waals surface area contributed by atoms with E-state index in [1.165, 1.54) is 6.07 Å². The van der Waals surface area contributed by atoms with E-state index in [2.05, 4.69) is 10.5 Å². The highest BCUT2D eigenvalue weighted by Crippen LogP contribution is 2.16. The molecule has 25 heavy (non-hydrogen) atoms. The molecule has 6 nitrogen and oxygen atoms in total. The Kier molecular flexibility index (Phi) is 5.72. The summed E-state index contributed by atoms with van der Waals surface area (Å²) >= 11 is 0. The third kappa shape index (κ3) is 4.40. The number of nitrogens with zero attached hydrogens (tertiary/aromatic N) is 1. The molecule has 3 rings (SSSR count). The van der Waals surface area contributed by atoms with E-state index in [1.54, 1.807) is 18.2 Å². The Labute approximate surface area is 143 Å². The van der Waals surface area contributed by atoms with Gasteiger partial charge in [0.05, 0.1) is 13.2 Å². The molecule has 134 valence electrons. The van der Waals surface area contributed by atoms with Gasteiger partial charge < -0.3 is 19.3 Å². The van der Waals surface area contributed by atoms with Crippen LogP contribution < -0.4 is 5.32 Å². The standard InChI is InChI=1S/C17H18F2N2O4/c18-13-4-2-1-3-12(13)9-24-10-14-15(19)16(21-25-14)17(22)20-7-11-5-6-23-8-11/h1-4,11H,5-10H2,(H,20,22). The predicted molar refractivity (Wildman–Crippen MR) is 82.6 cm³/mol. The average molecular weight is 352 g/mol. The molecule has 2 heterocycles. The molecule has 0 bridgehead atoms. The molecule has 1 aromatic heterocycles. The van der Waals surface area contributed by atoms with Gasteiger partial charge >= 0.3 is 0 Å². The summed E-state index contributed by atoms with van der Waals surface area (Å²) in [5.41, 5.74) is -0.0671. The summed E-state index contributed by atoms with van der Waals surface area (Å²) in [6, 6.07) is 6.12. The molecule has 1 aromatic carbocycles. The summed E-state index contributed by atoms with van der Waals surface area (Å²) in [4.78, 5) is 12.0. The summed E-state index contributed by atoms with van der Waals surface area (Å²) in [6.45, 7) is 1.34. The number of nitrogens with one attached hydrogen (secondary N) is 1. The molecule has 1 N–H and O–H groups in total. The molecule has 1 unspecified atom stereocenters. The van der Waals surface area contributed by atoms with Crippen molar-refractivity contribution in [2.24, 2.45) is 5.92 Å². The molecule has 0 spiro atoms. The molecule has 8 heteroatoms. The van der Waals surface area contributed by atoms with Gasteiger partial charge in [-0.2, -0.15) is 0 Å². The molecule has 1 amide bonds. The van der Waals surface area contributed by atoms with E-state index >= 15 is 0 Å². The Bertz CT molecular complexity index is 729. The fourth-order valence-electron chi connectivity index (χ4n) is 2.48. The van der Waals surface area contributed by atoms with Crippen molar-refractivity contribution >= 4 is 5.91 Å². The van der Waals surface area contributed by atoms with Crippen molar-refractivity contribution in [3.63, 3.8) is 0 Å². The van der Waals surface area contributed by atoms with E-state index in [0.717, 1.165) is 6.42 Å². The van der Waals surface area contributed by atoms with Gasteiger partial charge in [-0.05, 0) is 12.5 Å². The number of benzene rings is 1. The van der Waals surface area contributed by atoms with Crippen molar-refractivity contribution in [2.45, 2.75) is 19.6 Å². The monoisotopic (exact) mass is 352 g/mol. The number of hydrogen-bond donors (Lipinski definition) is 1. The zero-order valence-electron chi connectivity index (χ0n) is 13.5. The van der Waals surface area contributed by atoms with Gasteiger partial charge in [0, 0.05) is 24.6 Å². The third-order valence-corrected chi connectivity index (χ3v) is 3.94. The Hall–Kier alpha value is -2.32. The molecule has 0 saturated carbocycles. The van der Waals surface area contributed by atoms with Gasteiger partial charge in [0.2, 0.25) is 11.5 Å². The van der Waals surface area contributed by atoms with E-state index in [9.17, 15) is 13.6 Å². The fourth-order valence-corrected chi connectivity index (χ4v) is 2.48. The van der Waals surface area contributed by atoms with Crippen molar-refractivity contribution in [2.75, 3.05) is 19.8 Å². The maximum Gasteiger partial charge on any atom is 0.276 e. The lowest BCUT2D eigenvalue weighted by molar-refractivity contribution is 0.0834. The average Bonchev–Trinajstić information content (AvgIpc) is 3.25. The number of hydrogen-bond acceptors (Lipinski definition) is 5. The topological polar surface area (TPSA) is 73.6 Å². The second kappa shape index (κ2) is 8.17. The summed E-state index contributed by atoms with van der Waals surface area (Å²) in [7, 11) is 0. The highest BCUT2D eigenvalue weighted by Gasteiger charge is 2.24. The number of carbonyl (C=O) groups excluding carboxylic acids is 1. The Morgan fingerprint density at radius 3 is 2.92 bits per heavy atom. The van der Waals surface area contributed by atoms with Crippen LogP contribution in [0.4, 0.5) is 8.78 Å². The normalized spacial score (nSPS) is 17.0. The number of carbonyl (C=O) groups is 1. The summed E-state index contributed by atoms with van der Waals surface area (Å²) in [5, 5.41) is 6.07. The SMILES string of the molecule is O=C(NCC1CCOC1)c1noc(COCc2ccccc2F)c1F. The van der Waals surface area contributed by atoms with Crippen LogP contribution in [-0.4, -0.2) is 30.8 Å². The lowest BCUT2D eigenvalue weighted by Crippen LogP contribution is -2.30. The van der Waals surface area contributed by atoms with Crippen molar-refractivity contribution in [3.05, 3.63) is 52.9 Å². The first kappa shape index (κ1) is 17.5. The van der Waals surface area contributed by atoms with E-state index in [1.807, 2.05) is 0 Å². The lowest BCUT2D eigenvalue weighted by atomic mass is 10.1. The fraction of sp³-hybridized carbons (Fsp3) is 0.412. The minimum absolute atomic E-state index is 0.0456. The molecule has 1 aliphatic rings. The zero-order chi connectivity index (χ0) is 17.6. The number of halogens is 2. The minimum atomic E-state index is -0.867. The van der Waals surface area contributed by atoms with Gasteiger partial charge in [0.15, 0.2) is 5.76 Å². The Balaban J connectivity index is 1.51. The Morgan fingerprint density at radius 2 is 2.16 bits per heavy atom. The van der Waals surface area contributed by atoms with Crippen molar-refractivity contribution in [3.8, 4) is 0 Å². The molecular formula is C17H18F2N2O4. The van der Waals surface area contributed by atoms with Crippen LogP contribution in [0.2, 0.25) is 0 Å². The number of rotatable bonds is 7. The lowest BCUT2D eigenvalue weighted by Gasteiger charge is -2.07. The van der Waals surface area contributed by atoms with Crippen molar-refractivity contribution in [1.29, 1.82) is 0 Å². The number of amides is 1. The van der Waals surface area contributed by atoms with Crippen LogP contribution in [-0.2, 0) is 22.7 Å². The molecule has 1 saturated heterocycles. The van der Waals surface area contributed by atoms with Gasteiger partial charge in [-0.1, -0.05) is 23.4 Å². The van der Waals surface area contributed by atoms with E-state index in [-0.39, 0.29) is 24.9 Å². The van der Waals surface area contributed by atoms with Gasteiger partial charge in [0.25, 0.3) is 5.91 Å². The summed E-state index contributed by atoms with van der Waals surface area (Å²) in [5.74, 6) is -1.90. The maximum absolute atomic E-state index is 14.2. The van der Waals surface area contributed by atoms with Gasteiger partial charge in [-0.15, -0.1) is 0 Å². The number of ether oxygens (including phenoxy) is 2. The third-order valence-electron chi connectivity index (χ3n) is 3.94. The van der Waals surface area contributed by atoms with Crippen LogP contribution in [0, 0.1) is 17.6 Å². The molecule has 0 aliphatic carbocycles. The summed E-state index contributed by atoms with van der Waals surface area (Å²) < 4.78 is 42.9. The molecular weight excluding hydrogens is 334 g/mol. The molecule has 1 atom stereocenters. The highest BCUT2D eigenvalue weighted by molar-refractivity contribution is 5.92. The summed E-state index contributed by atoms with van der Waals surface area (Å²) in [6.07, 6.45) is 0.858. The van der Waals surface area contributed by atoms with Gasteiger partial charge in [-0.25, -0.2) is 8.78 Å². The first-order chi connectivity index (χ1) is 12.1. The van der Waals surface area contributed by atoms with Gasteiger partial charge in [0.1, 0.15) is 12.4 Å². The molecule has 2 aromatic rings. The predicted octanol–water partition coefficient (Wildman–Crippen LogP) is 2.44. The van der Waals surface area contributed by atoms with E-state index in [0.29, 0.717) is 25.3 Å². The number of aromatic nitrogens is 1. The van der Waals surface area contributed by atoms with E-state index in [4.69, 9.17) is 14.0 Å². The minimum Gasteiger partial charge on any atom is -0.381 e. The van der Waals surface area contributed by atoms with Crippen LogP contribution in [0.3, 0.4) is 0 Å². The van der Waals surface area contributed by atoms with Crippen LogP contribution >= 0.6 is 0 Å². The largest absolute Gasteiger partial charge is 0.381 e. The Morgan fingerprint density at radius 1 is 1.32 bits per heavy atom. The molecule has 1 aliphatic heterocycles. The first-order valence-electron chi connectivity index (χ1n) is 7.96. The van der Waals surface area contributed by atoms with Crippen LogP contribution in [0.15, 0.2) is 28.8 Å². The van der Waals surface area contributed by atoms with Crippen LogP contribution in [0.1, 0.15) is 28.2 Å². The maximum atomic E-state index is 14.2. The second-order valence-electron chi connectivity index (χ2n) is 5.79. The molecule has 0 radical (unpaired) electrons. The zero-order valence-corrected chi connectivity index (χ0v) is 13.5. The smallest absolute Gasteiger partial charge is 0.276 e. The van der Waals surface area contributed by atoms with Crippen molar-refractivity contribution < 1.29 is 27.6 Å². The van der Waals surface area contributed by atoms with Crippen LogP contribution in [0.5, 0.6) is 0 Å². The molecule has 1 fully saturated rings. The van der Waals surface area contributed by atoms with Gasteiger partial charge in [-0.3, -0.25) is 4.79 Å². The van der Waals surface area contributed by atoms with Crippen LogP contribution in [0.25, 0.3) is 0 Å². The van der Waals surface area contributed by atoms with Crippen molar-refractivity contribution in [1.82, 2.24) is 10.5 Å². The highest BCUT2D eigenvalue weighted by atomic mass is 19.1. The second-order valence-corrected chi connectivity index (χ2v) is 5.79.